The van der Waals surface area contributed by atoms with E-state index in [4.69, 9.17) is 4.74 Å². The molecular formula is C20H23N3O5. The fourth-order valence-corrected chi connectivity index (χ4v) is 4.50. The molecule has 2 fully saturated rings. The summed E-state index contributed by atoms with van der Waals surface area (Å²) in [5.41, 5.74) is 1.08. The molecular weight excluding hydrogens is 362 g/mol. The molecule has 0 radical (unpaired) electrons. The number of rotatable bonds is 3. The van der Waals surface area contributed by atoms with Crippen molar-refractivity contribution in [1.29, 1.82) is 0 Å². The van der Waals surface area contributed by atoms with Crippen LogP contribution >= 0.6 is 0 Å². The molecule has 4 rings (SSSR count). The van der Waals surface area contributed by atoms with E-state index in [1.165, 1.54) is 12.0 Å². The molecule has 1 spiro atoms. The van der Waals surface area contributed by atoms with Gasteiger partial charge in [0.15, 0.2) is 0 Å². The molecule has 0 aromatic heterocycles. The SMILES string of the molecule is COC(=O)[C@H]1Cc2ccccc2CN1C(=O)CN1C(=O)NC2(CCCC2)C1=O. The second-order valence-electron chi connectivity index (χ2n) is 7.64. The number of carbonyl (C=O) groups excluding carboxylic acids is 4. The predicted octanol–water partition coefficient (Wildman–Crippen LogP) is 0.977. The number of amides is 4. The van der Waals surface area contributed by atoms with E-state index >= 15 is 0 Å². The van der Waals surface area contributed by atoms with Crippen molar-refractivity contribution in [3.05, 3.63) is 35.4 Å². The summed E-state index contributed by atoms with van der Waals surface area (Å²) >= 11 is 0. The average Bonchev–Trinajstić information content (AvgIpc) is 3.27. The molecule has 1 aromatic rings. The number of imide groups is 1. The molecule has 0 unspecified atom stereocenters. The molecule has 0 bridgehead atoms. The minimum atomic E-state index is -0.854. The zero-order chi connectivity index (χ0) is 19.9. The van der Waals surface area contributed by atoms with Gasteiger partial charge in [0.25, 0.3) is 5.91 Å². The van der Waals surface area contributed by atoms with Crippen LogP contribution in [0.1, 0.15) is 36.8 Å². The fraction of sp³-hybridized carbons (Fsp3) is 0.500. The molecule has 28 heavy (non-hydrogen) atoms. The second kappa shape index (κ2) is 6.92. The van der Waals surface area contributed by atoms with E-state index in [-0.39, 0.29) is 19.0 Å². The van der Waals surface area contributed by atoms with Crippen molar-refractivity contribution in [2.45, 2.75) is 50.2 Å². The van der Waals surface area contributed by atoms with Crippen LogP contribution in [0.2, 0.25) is 0 Å². The molecule has 148 valence electrons. The van der Waals surface area contributed by atoms with Crippen molar-refractivity contribution in [3.8, 4) is 0 Å². The molecule has 1 aromatic carbocycles. The van der Waals surface area contributed by atoms with Crippen molar-refractivity contribution in [1.82, 2.24) is 15.1 Å². The molecule has 1 saturated heterocycles. The first-order valence-electron chi connectivity index (χ1n) is 9.53. The number of nitrogens with one attached hydrogen (secondary N) is 1. The Kier molecular flexibility index (Phi) is 4.56. The number of fused-ring (bicyclic) bond motifs is 1. The van der Waals surface area contributed by atoms with Crippen LogP contribution in [0.3, 0.4) is 0 Å². The number of ether oxygens (including phenoxy) is 1. The topological polar surface area (TPSA) is 96.0 Å². The number of methoxy groups -OCH3 is 1. The Morgan fingerprint density at radius 2 is 1.86 bits per heavy atom. The lowest BCUT2D eigenvalue weighted by Gasteiger charge is -2.35. The van der Waals surface area contributed by atoms with Gasteiger partial charge in [-0.05, 0) is 24.0 Å². The molecule has 2 heterocycles. The van der Waals surface area contributed by atoms with Gasteiger partial charge in [-0.25, -0.2) is 9.59 Å². The summed E-state index contributed by atoms with van der Waals surface area (Å²) in [6.45, 7) is -0.133. The van der Waals surface area contributed by atoms with Gasteiger partial charge in [-0.2, -0.15) is 0 Å². The molecule has 2 aliphatic heterocycles. The van der Waals surface area contributed by atoms with Crippen molar-refractivity contribution < 1.29 is 23.9 Å². The Balaban J connectivity index is 1.55. The third kappa shape index (κ3) is 2.93. The monoisotopic (exact) mass is 385 g/mol. The summed E-state index contributed by atoms with van der Waals surface area (Å²) in [6, 6.07) is 6.29. The third-order valence-corrected chi connectivity index (χ3v) is 6.04. The largest absolute Gasteiger partial charge is 0.467 e. The highest BCUT2D eigenvalue weighted by atomic mass is 16.5. The van der Waals surface area contributed by atoms with Crippen molar-refractivity contribution >= 4 is 23.8 Å². The molecule has 3 aliphatic rings. The van der Waals surface area contributed by atoms with Crippen LogP contribution < -0.4 is 5.32 Å². The van der Waals surface area contributed by atoms with Gasteiger partial charge in [-0.1, -0.05) is 37.1 Å². The highest BCUT2D eigenvalue weighted by molar-refractivity contribution is 6.09. The first-order chi connectivity index (χ1) is 13.4. The smallest absolute Gasteiger partial charge is 0.328 e. The predicted molar refractivity (Wildman–Crippen MR) is 97.9 cm³/mol. The first kappa shape index (κ1) is 18.5. The van der Waals surface area contributed by atoms with Crippen LogP contribution in [0, 0.1) is 0 Å². The van der Waals surface area contributed by atoms with E-state index in [0.29, 0.717) is 19.3 Å². The normalized spacial score (nSPS) is 23.0. The zero-order valence-electron chi connectivity index (χ0n) is 15.8. The van der Waals surface area contributed by atoms with Crippen LogP contribution in [0.15, 0.2) is 24.3 Å². The van der Waals surface area contributed by atoms with Gasteiger partial charge >= 0.3 is 12.0 Å². The van der Waals surface area contributed by atoms with E-state index in [1.807, 2.05) is 24.3 Å². The summed E-state index contributed by atoms with van der Waals surface area (Å²) < 4.78 is 4.88. The summed E-state index contributed by atoms with van der Waals surface area (Å²) in [7, 11) is 1.28. The van der Waals surface area contributed by atoms with Crippen LogP contribution in [0.5, 0.6) is 0 Å². The lowest BCUT2D eigenvalue weighted by atomic mass is 9.93. The summed E-state index contributed by atoms with van der Waals surface area (Å²) in [5.74, 6) is -1.29. The number of nitrogens with zero attached hydrogens (tertiary/aromatic N) is 2. The average molecular weight is 385 g/mol. The van der Waals surface area contributed by atoms with Crippen LogP contribution in [-0.4, -0.2) is 58.8 Å². The molecule has 1 N–H and O–H groups in total. The minimum absolute atomic E-state index is 0.240. The number of hydrogen-bond acceptors (Lipinski definition) is 5. The lowest BCUT2D eigenvalue weighted by Crippen LogP contribution is -2.53. The van der Waals surface area contributed by atoms with Gasteiger partial charge in [0.2, 0.25) is 5.91 Å². The third-order valence-electron chi connectivity index (χ3n) is 6.04. The maximum absolute atomic E-state index is 13.0. The van der Waals surface area contributed by atoms with Crippen LogP contribution in [0.4, 0.5) is 4.79 Å². The standard InChI is InChI=1S/C20H23N3O5/c1-28-17(25)15-10-13-6-2-3-7-14(13)11-22(15)16(24)12-23-18(26)20(21-19(23)27)8-4-5-9-20/h2-3,6-7,15H,4-5,8-12H2,1H3,(H,21,27)/t15-/m1/s1. The molecule has 1 saturated carbocycles. The van der Waals surface area contributed by atoms with Crippen LogP contribution in [-0.2, 0) is 32.1 Å². The number of hydrogen-bond donors (Lipinski definition) is 1. The highest BCUT2D eigenvalue weighted by Gasteiger charge is 2.53. The van der Waals surface area contributed by atoms with Crippen molar-refractivity contribution in [2.75, 3.05) is 13.7 Å². The van der Waals surface area contributed by atoms with Gasteiger partial charge in [0.1, 0.15) is 18.1 Å². The Bertz CT molecular complexity index is 846. The van der Waals surface area contributed by atoms with E-state index in [0.717, 1.165) is 28.9 Å². The minimum Gasteiger partial charge on any atom is -0.467 e. The summed E-state index contributed by atoms with van der Waals surface area (Å²) in [4.78, 5) is 52.9. The lowest BCUT2D eigenvalue weighted by molar-refractivity contribution is -0.154. The van der Waals surface area contributed by atoms with Gasteiger partial charge in [-0.3, -0.25) is 14.5 Å². The molecule has 8 heteroatoms. The van der Waals surface area contributed by atoms with Crippen molar-refractivity contribution in [2.24, 2.45) is 0 Å². The highest BCUT2D eigenvalue weighted by Crippen LogP contribution is 2.35. The maximum Gasteiger partial charge on any atom is 0.328 e. The molecule has 1 atom stereocenters. The number of benzene rings is 1. The zero-order valence-corrected chi connectivity index (χ0v) is 15.8. The van der Waals surface area contributed by atoms with Gasteiger partial charge in [0.05, 0.1) is 7.11 Å². The Morgan fingerprint density at radius 3 is 2.54 bits per heavy atom. The summed E-state index contributed by atoms with van der Waals surface area (Å²) in [5, 5.41) is 2.77. The Labute approximate surface area is 162 Å². The van der Waals surface area contributed by atoms with Gasteiger partial charge in [0, 0.05) is 13.0 Å². The molecule has 8 nitrogen and oxygen atoms in total. The molecule has 4 amide bonds. The number of esters is 1. The fourth-order valence-electron chi connectivity index (χ4n) is 4.50. The van der Waals surface area contributed by atoms with E-state index < -0.39 is 29.5 Å². The van der Waals surface area contributed by atoms with E-state index in [2.05, 4.69) is 5.32 Å². The quantitative estimate of drug-likeness (QED) is 0.618. The first-order valence-corrected chi connectivity index (χ1v) is 9.53. The summed E-state index contributed by atoms with van der Waals surface area (Å²) in [6.07, 6.45) is 3.30. The van der Waals surface area contributed by atoms with E-state index in [1.54, 1.807) is 0 Å². The second-order valence-corrected chi connectivity index (χ2v) is 7.64. The number of urea groups is 1. The van der Waals surface area contributed by atoms with Crippen molar-refractivity contribution in [3.63, 3.8) is 0 Å². The van der Waals surface area contributed by atoms with E-state index in [9.17, 15) is 19.2 Å². The Morgan fingerprint density at radius 1 is 1.18 bits per heavy atom. The number of carbonyl (C=O) groups is 4. The Hall–Kier alpha value is -2.90. The maximum atomic E-state index is 13.0. The molecule has 1 aliphatic carbocycles. The van der Waals surface area contributed by atoms with Gasteiger partial charge < -0.3 is 15.0 Å². The van der Waals surface area contributed by atoms with Crippen LogP contribution in [0.25, 0.3) is 0 Å². The van der Waals surface area contributed by atoms with Gasteiger partial charge in [-0.15, -0.1) is 0 Å².